The highest BCUT2D eigenvalue weighted by Crippen LogP contribution is 2.48. The Morgan fingerprint density at radius 3 is 2.38 bits per heavy atom. The van der Waals surface area contributed by atoms with Gasteiger partial charge in [0.05, 0.1) is 26.3 Å². The molecule has 0 aromatic heterocycles. The van der Waals surface area contributed by atoms with E-state index < -0.39 is 0 Å². The molecule has 0 heterocycles. The summed E-state index contributed by atoms with van der Waals surface area (Å²) >= 11 is 0. The van der Waals surface area contributed by atoms with E-state index in [1.165, 1.54) is 0 Å². The molecule has 7 nitrogen and oxygen atoms in total. The van der Waals surface area contributed by atoms with Gasteiger partial charge in [0.1, 0.15) is 5.75 Å². The fraction of sp³-hybridized carbons (Fsp3) is 0.636. The summed E-state index contributed by atoms with van der Waals surface area (Å²) in [7, 11) is 6.94. The van der Waals surface area contributed by atoms with Gasteiger partial charge in [0.2, 0.25) is 5.91 Å². The van der Waals surface area contributed by atoms with Crippen LogP contribution in [-0.2, 0) is 16.1 Å². The van der Waals surface area contributed by atoms with Crippen LogP contribution in [0, 0.1) is 5.41 Å². The van der Waals surface area contributed by atoms with Crippen LogP contribution < -0.4 is 15.4 Å². The minimum absolute atomic E-state index is 0.00423. The molecule has 1 aliphatic carbocycles. The Morgan fingerprint density at radius 1 is 1.21 bits per heavy atom. The lowest BCUT2D eigenvalue weighted by Gasteiger charge is -2.55. The first kappa shape index (κ1) is 23.0. The number of nitrogens with zero attached hydrogens (tertiary/aromatic N) is 2. The molecule has 1 fully saturated rings. The fourth-order valence-electron chi connectivity index (χ4n) is 4.02. The average Bonchev–Trinajstić information content (AvgIpc) is 2.73. The first-order chi connectivity index (χ1) is 13.9. The van der Waals surface area contributed by atoms with Crippen molar-refractivity contribution in [3.8, 4) is 5.75 Å². The Morgan fingerprint density at radius 2 is 1.86 bits per heavy atom. The van der Waals surface area contributed by atoms with Crippen molar-refractivity contribution < 1.29 is 14.3 Å². The van der Waals surface area contributed by atoms with E-state index >= 15 is 0 Å². The number of benzene rings is 1. The van der Waals surface area contributed by atoms with Crippen LogP contribution in [-0.4, -0.2) is 63.8 Å². The van der Waals surface area contributed by atoms with Crippen molar-refractivity contribution in [2.75, 3.05) is 34.9 Å². The maximum atomic E-state index is 12.0. The molecule has 2 unspecified atom stereocenters. The lowest BCUT2D eigenvalue weighted by atomic mass is 9.58. The van der Waals surface area contributed by atoms with Crippen molar-refractivity contribution in [1.29, 1.82) is 0 Å². The van der Waals surface area contributed by atoms with E-state index in [9.17, 15) is 4.79 Å². The molecule has 2 atom stereocenters. The number of carbonyl (C=O) groups excluding carboxylic acids is 1. The first-order valence-electron chi connectivity index (χ1n) is 10.3. The van der Waals surface area contributed by atoms with Crippen LogP contribution in [0.3, 0.4) is 0 Å². The topological polar surface area (TPSA) is 75.2 Å². The van der Waals surface area contributed by atoms with E-state index in [0.717, 1.165) is 30.6 Å². The second-order valence-corrected chi connectivity index (χ2v) is 7.75. The van der Waals surface area contributed by atoms with Crippen LogP contribution in [0.15, 0.2) is 29.3 Å². The van der Waals surface area contributed by atoms with Crippen LogP contribution in [0.25, 0.3) is 0 Å². The standard InChI is InChI=1S/C22H36N4O3/c1-7-22(8-2)18(13-19(22)29-6)25-21(24-15-20(27)26(3)4)23-14-16-9-11-17(28-5)12-10-16/h9-12,18-19H,7-8,13-15H2,1-6H3,(H2,23,24,25). The predicted octanol–water partition coefficient (Wildman–Crippen LogP) is 2.41. The average molecular weight is 405 g/mol. The van der Waals surface area contributed by atoms with E-state index in [1.807, 2.05) is 24.3 Å². The number of aliphatic imine (C=N–C) groups is 1. The lowest BCUT2D eigenvalue weighted by molar-refractivity contribution is -0.127. The Kier molecular flexibility index (Phi) is 8.32. The molecule has 2 rings (SSSR count). The van der Waals surface area contributed by atoms with E-state index in [4.69, 9.17) is 14.5 Å². The SMILES string of the molecule is CCC1(CC)C(NC(=NCc2ccc(OC)cc2)NCC(=O)N(C)C)CC1OC. The van der Waals surface area contributed by atoms with Crippen molar-refractivity contribution >= 4 is 11.9 Å². The molecular weight excluding hydrogens is 368 g/mol. The molecule has 1 amide bonds. The summed E-state index contributed by atoms with van der Waals surface area (Å²) < 4.78 is 10.9. The molecule has 7 heteroatoms. The van der Waals surface area contributed by atoms with Gasteiger partial charge in [-0.25, -0.2) is 4.99 Å². The number of rotatable bonds is 9. The highest BCUT2D eigenvalue weighted by atomic mass is 16.5. The summed E-state index contributed by atoms with van der Waals surface area (Å²) in [5, 5.41) is 6.75. The third-order valence-electron chi connectivity index (χ3n) is 6.18. The number of hydrogen-bond donors (Lipinski definition) is 2. The minimum Gasteiger partial charge on any atom is -0.497 e. The van der Waals surface area contributed by atoms with Gasteiger partial charge in [0, 0.05) is 32.7 Å². The Balaban J connectivity index is 2.12. The summed E-state index contributed by atoms with van der Waals surface area (Å²) in [6, 6.07) is 8.11. The second-order valence-electron chi connectivity index (χ2n) is 7.75. The highest BCUT2D eigenvalue weighted by molar-refractivity contribution is 5.86. The molecule has 1 aromatic rings. The largest absolute Gasteiger partial charge is 0.497 e. The Bertz CT molecular complexity index is 684. The zero-order valence-corrected chi connectivity index (χ0v) is 18.6. The maximum absolute atomic E-state index is 12.0. The van der Waals surface area contributed by atoms with E-state index in [-0.39, 0.29) is 30.0 Å². The van der Waals surface area contributed by atoms with Crippen LogP contribution in [0.4, 0.5) is 0 Å². The van der Waals surface area contributed by atoms with Gasteiger partial charge in [0.15, 0.2) is 5.96 Å². The zero-order valence-electron chi connectivity index (χ0n) is 18.6. The van der Waals surface area contributed by atoms with Gasteiger partial charge in [-0.2, -0.15) is 0 Å². The Labute approximate surface area is 174 Å². The minimum atomic E-state index is 0.00423. The number of likely N-dealkylation sites (N-methyl/N-ethyl adjacent to an activating group) is 1. The van der Waals surface area contributed by atoms with Crippen LogP contribution >= 0.6 is 0 Å². The van der Waals surface area contributed by atoms with E-state index in [0.29, 0.717) is 12.5 Å². The highest BCUT2D eigenvalue weighted by Gasteiger charge is 2.53. The van der Waals surface area contributed by atoms with Gasteiger partial charge in [0.25, 0.3) is 0 Å². The molecule has 1 aromatic carbocycles. The summed E-state index contributed by atoms with van der Waals surface area (Å²) in [5.74, 6) is 1.48. The molecule has 0 aliphatic heterocycles. The maximum Gasteiger partial charge on any atom is 0.241 e. The van der Waals surface area contributed by atoms with Crippen LogP contribution in [0.2, 0.25) is 0 Å². The van der Waals surface area contributed by atoms with Gasteiger partial charge < -0.3 is 25.0 Å². The predicted molar refractivity (Wildman–Crippen MR) is 116 cm³/mol. The van der Waals surface area contributed by atoms with Crippen molar-refractivity contribution in [3.05, 3.63) is 29.8 Å². The monoisotopic (exact) mass is 404 g/mol. The summed E-state index contributed by atoms with van der Waals surface area (Å²) in [6.07, 6.45) is 3.24. The molecule has 2 N–H and O–H groups in total. The van der Waals surface area contributed by atoms with Crippen molar-refractivity contribution in [1.82, 2.24) is 15.5 Å². The smallest absolute Gasteiger partial charge is 0.241 e. The summed E-state index contributed by atoms with van der Waals surface area (Å²) in [6.45, 7) is 5.13. The van der Waals surface area contributed by atoms with Crippen LogP contribution in [0.5, 0.6) is 5.75 Å². The lowest BCUT2D eigenvalue weighted by Crippen LogP contribution is -2.65. The molecule has 29 heavy (non-hydrogen) atoms. The molecule has 0 spiro atoms. The zero-order chi connectivity index (χ0) is 21.4. The number of amides is 1. The van der Waals surface area contributed by atoms with Crippen molar-refractivity contribution in [2.24, 2.45) is 10.4 Å². The van der Waals surface area contributed by atoms with Crippen molar-refractivity contribution in [3.63, 3.8) is 0 Å². The van der Waals surface area contributed by atoms with Gasteiger partial charge >= 0.3 is 0 Å². The number of methoxy groups -OCH3 is 2. The number of nitrogens with one attached hydrogen (secondary N) is 2. The number of carbonyl (C=O) groups is 1. The van der Waals surface area contributed by atoms with Gasteiger partial charge in [-0.3, -0.25) is 4.79 Å². The van der Waals surface area contributed by atoms with Gasteiger partial charge in [-0.05, 0) is 37.0 Å². The number of guanidine groups is 1. The first-order valence-corrected chi connectivity index (χ1v) is 10.3. The third kappa shape index (κ3) is 5.41. The molecule has 0 radical (unpaired) electrons. The Hall–Kier alpha value is -2.28. The summed E-state index contributed by atoms with van der Waals surface area (Å²) in [5.41, 5.74) is 1.16. The second kappa shape index (κ2) is 10.5. The fourth-order valence-corrected chi connectivity index (χ4v) is 4.02. The molecule has 1 saturated carbocycles. The summed E-state index contributed by atoms with van der Waals surface area (Å²) in [4.78, 5) is 18.3. The van der Waals surface area contributed by atoms with E-state index in [2.05, 4.69) is 24.5 Å². The van der Waals surface area contributed by atoms with E-state index in [1.54, 1.807) is 33.2 Å². The quantitative estimate of drug-likeness (QED) is 0.488. The molecule has 162 valence electrons. The molecule has 0 bridgehead atoms. The normalized spacial score (nSPS) is 20.6. The van der Waals surface area contributed by atoms with Crippen molar-refractivity contribution in [2.45, 2.75) is 51.8 Å². The van der Waals surface area contributed by atoms with Gasteiger partial charge in [-0.15, -0.1) is 0 Å². The van der Waals surface area contributed by atoms with Crippen LogP contribution in [0.1, 0.15) is 38.7 Å². The molecule has 0 saturated heterocycles. The molecule has 1 aliphatic rings. The van der Waals surface area contributed by atoms with Gasteiger partial charge in [-0.1, -0.05) is 26.0 Å². The molecular formula is C22H36N4O3. The number of hydrogen-bond acceptors (Lipinski definition) is 4. The third-order valence-corrected chi connectivity index (χ3v) is 6.18. The number of ether oxygens (including phenoxy) is 2.